The molecule has 1 aliphatic heterocycles. The van der Waals surface area contributed by atoms with E-state index in [-0.39, 0.29) is 18.2 Å². The molecule has 2 aromatic carbocycles. The van der Waals surface area contributed by atoms with Crippen LogP contribution in [0.15, 0.2) is 41.5 Å². The summed E-state index contributed by atoms with van der Waals surface area (Å²) in [4.78, 5) is 20.3. The number of anilines is 1. The van der Waals surface area contributed by atoms with Crippen LogP contribution < -0.4 is 14.9 Å². The third-order valence-corrected chi connectivity index (χ3v) is 3.18. The van der Waals surface area contributed by atoms with E-state index >= 15 is 0 Å². The van der Waals surface area contributed by atoms with Crippen LogP contribution in [0.2, 0.25) is 0 Å². The number of nitrogens with zero attached hydrogens (tertiary/aromatic N) is 3. The first kappa shape index (κ1) is 15.2. The lowest BCUT2D eigenvalue weighted by atomic mass is 10.2. The van der Waals surface area contributed by atoms with E-state index in [1.807, 2.05) is 0 Å². The largest absolute Gasteiger partial charge is 0.454 e. The highest BCUT2D eigenvalue weighted by Gasteiger charge is 2.19. The van der Waals surface area contributed by atoms with Crippen molar-refractivity contribution in [3.63, 3.8) is 0 Å². The maximum atomic E-state index is 11.0. The van der Waals surface area contributed by atoms with Gasteiger partial charge in [-0.15, -0.1) is 0 Å². The fourth-order valence-corrected chi connectivity index (χ4v) is 2.05. The van der Waals surface area contributed by atoms with Crippen LogP contribution in [0.5, 0.6) is 11.5 Å². The first-order valence-corrected chi connectivity index (χ1v) is 6.66. The van der Waals surface area contributed by atoms with Crippen LogP contribution in [-0.4, -0.2) is 22.9 Å². The van der Waals surface area contributed by atoms with Gasteiger partial charge in [-0.25, -0.2) is 0 Å². The minimum atomic E-state index is -0.717. The van der Waals surface area contributed by atoms with Crippen LogP contribution in [0.25, 0.3) is 0 Å². The van der Waals surface area contributed by atoms with E-state index in [2.05, 4.69) is 10.5 Å². The van der Waals surface area contributed by atoms with E-state index in [0.717, 1.165) is 12.1 Å². The molecule has 0 radical (unpaired) electrons. The molecule has 24 heavy (non-hydrogen) atoms. The SMILES string of the molecule is O=[N+]([O-])c1ccc(N/N=C/c2ccc3c(c2)OCO3)c([N+](=O)[O-])c1. The van der Waals surface area contributed by atoms with Crippen molar-refractivity contribution < 1.29 is 19.3 Å². The van der Waals surface area contributed by atoms with Gasteiger partial charge in [0.1, 0.15) is 5.69 Å². The number of hydrogen-bond donors (Lipinski definition) is 1. The monoisotopic (exact) mass is 330 g/mol. The van der Waals surface area contributed by atoms with Crippen LogP contribution >= 0.6 is 0 Å². The molecule has 0 spiro atoms. The fraction of sp³-hybridized carbons (Fsp3) is 0.0714. The predicted molar refractivity (Wildman–Crippen MR) is 83.5 cm³/mol. The van der Waals surface area contributed by atoms with Gasteiger partial charge in [0, 0.05) is 6.07 Å². The van der Waals surface area contributed by atoms with Crippen molar-refractivity contribution in [3.05, 3.63) is 62.2 Å². The third-order valence-electron chi connectivity index (χ3n) is 3.18. The first-order valence-electron chi connectivity index (χ1n) is 6.66. The van der Waals surface area contributed by atoms with Crippen molar-refractivity contribution in [1.82, 2.24) is 0 Å². The van der Waals surface area contributed by atoms with Gasteiger partial charge < -0.3 is 9.47 Å². The number of rotatable bonds is 5. The number of nitro benzene ring substituents is 2. The molecule has 0 atom stereocenters. The normalized spacial score (nSPS) is 12.3. The Morgan fingerprint density at radius 2 is 1.83 bits per heavy atom. The zero-order valence-corrected chi connectivity index (χ0v) is 12.0. The van der Waals surface area contributed by atoms with Gasteiger partial charge in [-0.05, 0) is 29.8 Å². The second-order valence-electron chi connectivity index (χ2n) is 4.70. The third kappa shape index (κ3) is 3.06. The summed E-state index contributed by atoms with van der Waals surface area (Å²) in [5, 5.41) is 25.6. The maximum Gasteiger partial charge on any atom is 0.301 e. The molecule has 1 N–H and O–H groups in total. The van der Waals surface area contributed by atoms with Crippen molar-refractivity contribution in [3.8, 4) is 11.5 Å². The number of benzene rings is 2. The van der Waals surface area contributed by atoms with Crippen molar-refractivity contribution in [1.29, 1.82) is 0 Å². The van der Waals surface area contributed by atoms with Gasteiger partial charge in [0.15, 0.2) is 11.5 Å². The van der Waals surface area contributed by atoms with Crippen LogP contribution in [0.1, 0.15) is 5.56 Å². The topological polar surface area (TPSA) is 129 Å². The average molecular weight is 330 g/mol. The highest BCUT2D eigenvalue weighted by Crippen LogP contribution is 2.32. The number of nitro groups is 2. The summed E-state index contributed by atoms with van der Waals surface area (Å²) < 4.78 is 10.4. The molecule has 3 rings (SSSR count). The van der Waals surface area contributed by atoms with Gasteiger partial charge in [-0.1, -0.05) is 0 Å². The Hall–Kier alpha value is -3.69. The van der Waals surface area contributed by atoms with Gasteiger partial charge >= 0.3 is 5.69 Å². The highest BCUT2D eigenvalue weighted by atomic mass is 16.7. The first-order chi connectivity index (χ1) is 11.5. The lowest BCUT2D eigenvalue weighted by Crippen LogP contribution is -1.98. The molecule has 2 aromatic rings. The number of nitrogens with one attached hydrogen (secondary N) is 1. The quantitative estimate of drug-likeness (QED) is 0.506. The van der Waals surface area contributed by atoms with E-state index < -0.39 is 15.5 Å². The number of ether oxygens (including phenoxy) is 2. The summed E-state index contributed by atoms with van der Waals surface area (Å²) in [7, 11) is 0. The summed E-state index contributed by atoms with van der Waals surface area (Å²) in [6, 6.07) is 8.43. The number of hydrogen-bond acceptors (Lipinski definition) is 8. The molecule has 0 saturated heterocycles. The molecule has 10 nitrogen and oxygen atoms in total. The molecule has 1 aliphatic rings. The molecule has 1 heterocycles. The molecule has 0 amide bonds. The summed E-state index contributed by atoms with van der Waals surface area (Å²) in [6.45, 7) is 0.156. The van der Waals surface area contributed by atoms with E-state index in [1.165, 1.54) is 12.3 Å². The second kappa shape index (κ2) is 6.20. The summed E-state index contributed by atoms with van der Waals surface area (Å²) in [5.41, 5.74) is 2.44. The Labute approximate surface area is 134 Å². The van der Waals surface area contributed by atoms with E-state index in [0.29, 0.717) is 17.1 Å². The average Bonchev–Trinajstić information content (AvgIpc) is 3.02. The van der Waals surface area contributed by atoms with Gasteiger partial charge in [0.2, 0.25) is 6.79 Å². The zero-order valence-electron chi connectivity index (χ0n) is 12.0. The van der Waals surface area contributed by atoms with Crippen molar-refractivity contribution in [2.45, 2.75) is 0 Å². The number of hydrazone groups is 1. The van der Waals surface area contributed by atoms with E-state index in [9.17, 15) is 20.2 Å². The van der Waals surface area contributed by atoms with Crippen LogP contribution in [0.3, 0.4) is 0 Å². The molecule has 0 aliphatic carbocycles. The van der Waals surface area contributed by atoms with Gasteiger partial charge in [0.05, 0.1) is 22.1 Å². The summed E-state index contributed by atoms with van der Waals surface area (Å²) in [5.74, 6) is 1.21. The van der Waals surface area contributed by atoms with Crippen molar-refractivity contribution in [2.24, 2.45) is 5.10 Å². The summed E-state index contributed by atoms with van der Waals surface area (Å²) >= 11 is 0. The predicted octanol–water partition coefficient (Wildman–Crippen LogP) is 2.68. The zero-order chi connectivity index (χ0) is 17.1. The van der Waals surface area contributed by atoms with E-state index in [4.69, 9.17) is 9.47 Å². The van der Waals surface area contributed by atoms with Gasteiger partial charge in [0.25, 0.3) is 5.69 Å². The highest BCUT2D eigenvalue weighted by molar-refractivity contribution is 5.82. The molecule has 122 valence electrons. The second-order valence-corrected chi connectivity index (χ2v) is 4.70. The van der Waals surface area contributed by atoms with Gasteiger partial charge in [-0.2, -0.15) is 5.10 Å². The molecule has 0 aromatic heterocycles. The Balaban J connectivity index is 1.78. The maximum absolute atomic E-state index is 11.0. The molecular formula is C14H10N4O6. The molecule has 10 heteroatoms. The van der Waals surface area contributed by atoms with Crippen molar-refractivity contribution >= 4 is 23.3 Å². The lowest BCUT2D eigenvalue weighted by molar-refractivity contribution is -0.393. The Bertz CT molecular complexity index is 851. The molecule has 0 saturated carbocycles. The standard InChI is InChI=1S/C14H10N4O6/c19-17(20)10-2-3-11(12(6-10)18(21)22)16-15-7-9-1-4-13-14(5-9)24-8-23-13/h1-7,16H,8H2/b15-7+. The molecule has 0 unspecified atom stereocenters. The Morgan fingerprint density at radius 1 is 1.04 bits per heavy atom. The number of fused-ring (bicyclic) bond motifs is 1. The molecular weight excluding hydrogens is 320 g/mol. The smallest absolute Gasteiger partial charge is 0.301 e. The van der Waals surface area contributed by atoms with Gasteiger partial charge in [-0.3, -0.25) is 25.7 Å². The fourth-order valence-electron chi connectivity index (χ4n) is 2.05. The number of non-ortho nitro benzene ring substituents is 1. The van der Waals surface area contributed by atoms with Crippen LogP contribution in [0.4, 0.5) is 17.1 Å². The summed E-state index contributed by atoms with van der Waals surface area (Å²) in [6.07, 6.45) is 1.44. The lowest BCUT2D eigenvalue weighted by Gasteiger charge is -2.02. The minimum absolute atomic E-state index is 0.0441. The molecule has 0 bridgehead atoms. The van der Waals surface area contributed by atoms with E-state index in [1.54, 1.807) is 18.2 Å². The van der Waals surface area contributed by atoms with Crippen molar-refractivity contribution in [2.75, 3.05) is 12.2 Å². The van der Waals surface area contributed by atoms with Crippen LogP contribution in [-0.2, 0) is 0 Å². The van der Waals surface area contributed by atoms with Crippen LogP contribution in [0, 0.1) is 20.2 Å². The Kier molecular flexibility index (Phi) is 3.93. The molecule has 0 fully saturated rings. The minimum Gasteiger partial charge on any atom is -0.454 e. The Morgan fingerprint density at radius 3 is 2.58 bits per heavy atom.